The number of aromatic amines is 1. The molecule has 0 bridgehead atoms. The molecule has 1 aliphatic rings. The molecule has 23 heteroatoms. The highest BCUT2D eigenvalue weighted by molar-refractivity contribution is 7.66. The van der Waals surface area contributed by atoms with Gasteiger partial charge >= 0.3 is 35.1 Å². The van der Waals surface area contributed by atoms with Gasteiger partial charge in [-0.3, -0.25) is 18.9 Å². The maximum absolute atomic E-state index is 12.1. The number of rotatable bonds is 11. The molecule has 1 fully saturated rings. The lowest BCUT2D eigenvalue weighted by atomic mass is 10.1. The summed E-state index contributed by atoms with van der Waals surface area (Å²) in [5, 5.41) is 20.3. The fourth-order valence-corrected chi connectivity index (χ4v) is 5.55. The number of methoxy groups -OCH3 is 1. The van der Waals surface area contributed by atoms with Crippen molar-refractivity contribution >= 4 is 29.4 Å². The summed E-state index contributed by atoms with van der Waals surface area (Å²) >= 11 is 0. The summed E-state index contributed by atoms with van der Waals surface area (Å²) in [4.78, 5) is 72.5. The maximum Gasteiger partial charge on any atom is 0.490 e. The zero-order chi connectivity index (χ0) is 26.8. The Hall–Kier alpha value is -1.76. The number of hydrogen-bond donors (Lipinski definition) is 7. The summed E-state index contributed by atoms with van der Waals surface area (Å²) in [6.07, 6.45) is -6.54. The molecule has 1 aromatic rings. The van der Waals surface area contributed by atoms with Crippen molar-refractivity contribution in [2.24, 2.45) is 0 Å². The molecule has 3 unspecified atom stereocenters. The van der Waals surface area contributed by atoms with E-state index in [1.807, 2.05) is 0 Å². The minimum atomic E-state index is -5.80. The Morgan fingerprint density at radius 3 is 2.29 bits per heavy atom. The smallest absolute Gasteiger partial charge is 0.475 e. The number of carbonyl (C=O) groups is 1. The first-order chi connectivity index (χ1) is 15.9. The second-order valence-corrected chi connectivity index (χ2v) is 10.9. The molecular formula is C12H19N2O18P3. The van der Waals surface area contributed by atoms with Gasteiger partial charge in [0, 0.05) is 0 Å². The van der Waals surface area contributed by atoms with Gasteiger partial charge in [-0.05, 0) is 0 Å². The minimum Gasteiger partial charge on any atom is -0.475 e. The summed E-state index contributed by atoms with van der Waals surface area (Å²) in [6, 6.07) is 0. The third-order valence-corrected chi connectivity index (χ3v) is 7.74. The third kappa shape index (κ3) is 8.40. The number of nitrogens with one attached hydrogen (secondary N) is 1. The van der Waals surface area contributed by atoms with Gasteiger partial charge in [-0.1, -0.05) is 0 Å². The van der Waals surface area contributed by atoms with E-state index < -0.39 is 84.2 Å². The third-order valence-electron chi connectivity index (χ3n) is 3.94. The molecule has 35 heavy (non-hydrogen) atoms. The van der Waals surface area contributed by atoms with Crippen molar-refractivity contribution in [3.05, 3.63) is 27.0 Å². The van der Waals surface area contributed by atoms with Crippen LogP contribution >= 0.6 is 23.5 Å². The lowest BCUT2D eigenvalue weighted by molar-refractivity contribution is -0.143. The van der Waals surface area contributed by atoms with E-state index in [1.165, 1.54) is 0 Å². The summed E-state index contributed by atoms with van der Waals surface area (Å²) in [5.41, 5.74) is -2.22. The van der Waals surface area contributed by atoms with Crippen molar-refractivity contribution in [2.75, 3.05) is 20.3 Å². The molecule has 200 valence electrons. The molecule has 6 atom stereocenters. The van der Waals surface area contributed by atoms with Gasteiger partial charge in [0.1, 0.15) is 18.3 Å². The zero-order valence-electron chi connectivity index (χ0n) is 17.2. The molecule has 2 rings (SSSR count). The largest absolute Gasteiger partial charge is 0.490 e. The number of H-pyrrole nitrogens is 1. The number of nitrogens with zero attached hydrogens (tertiary/aromatic N) is 1. The van der Waals surface area contributed by atoms with Gasteiger partial charge in [0.05, 0.1) is 19.9 Å². The molecule has 0 aromatic carbocycles. The maximum atomic E-state index is 12.1. The Morgan fingerprint density at radius 2 is 1.71 bits per heavy atom. The number of phosphoric acid groups is 3. The Labute approximate surface area is 193 Å². The van der Waals surface area contributed by atoms with E-state index in [-0.39, 0.29) is 0 Å². The molecule has 2 heterocycles. The number of carbonyl (C=O) groups excluding carboxylic acids is 1. The number of ether oxygens (including phenoxy) is 3. The first-order valence-corrected chi connectivity index (χ1v) is 13.3. The van der Waals surface area contributed by atoms with E-state index in [1.54, 1.807) is 4.98 Å². The van der Waals surface area contributed by atoms with Crippen LogP contribution in [0, 0.1) is 0 Å². The fraction of sp³-hybridized carbons (Fsp3) is 0.583. The number of aliphatic hydroxyl groups is 2. The second-order valence-electron chi connectivity index (χ2n) is 6.46. The number of aliphatic hydroxyl groups excluding tert-OH is 2. The van der Waals surface area contributed by atoms with Crippen molar-refractivity contribution in [3.63, 3.8) is 0 Å². The average Bonchev–Trinajstić information content (AvgIpc) is 2.97. The summed E-state index contributed by atoms with van der Waals surface area (Å²) < 4.78 is 60.1. The number of phosphoric ester groups is 1. The van der Waals surface area contributed by atoms with Crippen molar-refractivity contribution < 1.29 is 75.6 Å². The van der Waals surface area contributed by atoms with Gasteiger partial charge < -0.3 is 44.0 Å². The molecule has 20 nitrogen and oxygen atoms in total. The standard InChI is InChI=1S/C12H19N2O18P3/c1-27-7(15)4-28-5-2-14(12(19)13-10(5)18)11-9(17)8(16)6(30-11)3-29-34(23,24)32-35(25,26)31-33(20,21)22/h2,6,8-9,11,16-17H,3-4H2,1H3,(H,23,24)(H,25,26)(H,13,18,19)(H2,20,21,22)/t6-,8?,9+,11-/m1/s1. The van der Waals surface area contributed by atoms with Crippen LogP contribution in [0.5, 0.6) is 5.75 Å². The number of hydrogen-bond acceptors (Lipinski definition) is 14. The van der Waals surface area contributed by atoms with Gasteiger partial charge in [-0.25, -0.2) is 23.3 Å². The monoisotopic (exact) mass is 572 g/mol. The van der Waals surface area contributed by atoms with Crippen LogP contribution in [0.15, 0.2) is 15.8 Å². The zero-order valence-corrected chi connectivity index (χ0v) is 19.9. The van der Waals surface area contributed by atoms with Gasteiger partial charge in [0.2, 0.25) is 5.75 Å². The van der Waals surface area contributed by atoms with Crippen molar-refractivity contribution in [1.82, 2.24) is 9.55 Å². The van der Waals surface area contributed by atoms with E-state index in [9.17, 15) is 43.2 Å². The first kappa shape index (κ1) is 29.5. The Morgan fingerprint density at radius 1 is 1.09 bits per heavy atom. The van der Waals surface area contributed by atoms with Crippen LogP contribution in [0.25, 0.3) is 0 Å². The van der Waals surface area contributed by atoms with Crippen LogP contribution in [0.4, 0.5) is 0 Å². The Balaban J connectivity index is 2.14. The van der Waals surface area contributed by atoms with Crippen LogP contribution in [0.2, 0.25) is 0 Å². The Kier molecular flexibility index (Phi) is 9.35. The van der Waals surface area contributed by atoms with E-state index in [0.29, 0.717) is 4.57 Å². The van der Waals surface area contributed by atoms with E-state index in [0.717, 1.165) is 13.3 Å². The molecular weight excluding hydrogens is 553 g/mol. The summed E-state index contributed by atoms with van der Waals surface area (Å²) in [7, 11) is -15.9. The number of aromatic nitrogens is 2. The summed E-state index contributed by atoms with van der Waals surface area (Å²) in [6.45, 7) is -1.86. The average molecular weight is 572 g/mol. The molecule has 0 aliphatic carbocycles. The number of esters is 1. The molecule has 1 saturated heterocycles. The van der Waals surface area contributed by atoms with Gasteiger partial charge in [0.25, 0.3) is 5.56 Å². The fourth-order valence-electron chi connectivity index (χ4n) is 2.52. The summed E-state index contributed by atoms with van der Waals surface area (Å²) in [5.74, 6) is -1.46. The quantitative estimate of drug-likeness (QED) is 0.103. The SMILES string of the molecule is COC(=O)COc1cn([C@@H]2O[C@H](COP(=O)(O)OP(=O)(O)OP(=O)(O)O)C(O)[C@@H]2O)c(=O)[nH]c1=O. The lowest BCUT2D eigenvalue weighted by Gasteiger charge is -2.19. The highest BCUT2D eigenvalue weighted by Gasteiger charge is 2.47. The van der Waals surface area contributed by atoms with Crippen molar-refractivity contribution in [2.45, 2.75) is 24.5 Å². The predicted molar refractivity (Wildman–Crippen MR) is 105 cm³/mol. The minimum absolute atomic E-state index is 0.548. The molecule has 0 amide bonds. The first-order valence-electron chi connectivity index (χ1n) is 8.80. The molecule has 0 saturated carbocycles. The van der Waals surface area contributed by atoms with E-state index >= 15 is 0 Å². The molecule has 7 N–H and O–H groups in total. The molecule has 1 aromatic heterocycles. The van der Waals surface area contributed by atoms with Crippen molar-refractivity contribution in [1.29, 1.82) is 0 Å². The normalized spacial score (nSPS) is 26.0. The van der Waals surface area contributed by atoms with Crippen LogP contribution in [0.1, 0.15) is 6.23 Å². The van der Waals surface area contributed by atoms with Crippen molar-refractivity contribution in [3.8, 4) is 5.75 Å². The van der Waals surface area contributed by atoms with E-state index in [2.05, 4.69) is 17.9 Å². The van der Waals surface area contributed by atoms with Crippen LogP contribution < -0.4 is 16.0 Å². The molecule has 1 aliphatic heterocycles. The highest BCUT2D eigenvalue weighted by atomic mass is 31.3. The topological polar surface area (TPSA) is 300 Å². The van der Waals surface area contributed by atoms with Crippen LogP contribution in [-0.2, 0) is 41.1 Å². The van der Waals surface area contributed by atoms with Crippen LogP contribution in [0.3, 0.4) is 0 Å². The lowest BCUT2D eigenvalue weighted by Crippen LogP contribution is -2.38. The van der Waals surface area contributed by atoms with Gasteiger partial charge in [-0.2, -0.15) is 8.62 Å². The Bertz CT molecular complexity index is 1190. The molecule has 0 radical (unpaired) electrons. The predicted octanol–water partition coefficient (Wildman–Crippen LogP) is -2.95. The van der Waals surface area contributed by atoms with E-state index in [4.69, 9.17) is 24.2 Å². The van der Waals surface area contributed by atoms with Crippen LogP contribution in [-0.4, -0.2) is 83.9 Å². The molecule has 0 spiro atoms. The second kappa shape index (κ2) is 11.1. The van der Waals surface area contributed by atoms with Gasteiger partial charge in [-0.15, -0.1) is 0 Å². The highest BCUT2D eigenvalue weighted by Crippen LogP contribution is 2.66. The van der Waals surface area contributed by atoms with Gasteiger partial charge in [0.15, 0.2) is 12.8 Å².